The van der Waals surface area contributed by atoms with Gasteiger partial charge in [0, 0.05) is 10.8 Å². The first-order chi connectivity index (χ1) is 32.8. The van der Waals surface area contributed by atoms with Crippen LogP contribution in [-0.2, 0) is 0 Å². The molecule has 57 heavy (non-hydrogen) atoms. The zero-order valence-electron chi connectivity index (χ0n) is 41.0. The fraction of sp³-hybridized carbons (Fsp3) is 0. The molecule has 0 fully saturated rings. The highest BCUT2D eigenvalue weighted by Gasteiger charge is 2.22. The van der Waals surface area contributed by atoms with Crippen molar-refractivity contribution in [2.24, 2.45) is 0 Å². The second-order valence-corrected chi connectivity index (χ2v) is 14.7. The highest BCUT2D eigenvalue weighted by Crippen LogP contribution is 2.49. The standard InChI is InChI=1S/C56H32O/c1-2-8-33(9-3-1)54-47(40-24-29-51-48(30-40)44-14-4-5-15-50(44)57-51)31-41(42-25-20-38-18-16-34-10-6-12-36-22-27-45(42)55(38)52(34)36)32-49(54)43-26-21-39-19-17-35-11-7-13-37-23-28-46(43)56(39)53(35)37/h1-32H/i1D,2D,3D,4D,5D,8D,14D,15D,24D,29D,30D. The third kappa shape index (κ3) is 4.40. The Morgan fingerprint density at radius 2 is 0.895 bits per heavy atom. The Morgan fingerprint density at radius 1 is 0.333 bits per heavy atom. The van der Waals surface area contributed by atoms with Crippen molar-refractivity contribution in [3.63, 3.8) is 0 Å². The molecule has 0 N–H and O–H groups in total. The van der Waals surface area contributed by atoms with E-state index in [1.807, 2.05) is 42.5 Å². The molecule has 13 aromatic rings. The van der Waals surface area contributed by atoms with Gasteiger partial charge in [-0.2, -0.15) is 0 Å². The van der Waals surface area contributed by atoms with Gasteiger partial charge in [0.2, 0.25) is 0 Å². The second-order valence-electron chi connectivity index (χ2n) is 14.7. The molecule has 262 valence electrons. The molecule has 0 radical (unpaired) electrons. The van der Waals surface area contributed by atoms with Crippen molar-refractivity contribution in [1.29, 1.82) is 0 Å². The molecule has 12 aromatic carbocycles. The van der Waals surface area contributed by atoms with Crippen LogP contribution in [0.4, 0.5) is 0 Å². The number of furan rings is 1. The van der Waals surface area contributed by atoms with Crippen LogP contribution in [0.2, 0.25) is 0 Å². The first-order valence-electron chi connectivity index (χ1n) is 24.3. The molecule has 0 aliphatic heterocycles. The Labute approximate surface area is 343 Å². The van der Waals surface area contributed by atoms with Crippen molar-refractivity contribution < 1.29 is 19.5 Å². The summed E-state index contributed by atoms with van der Waals surface area (Å²) >= 11 is 0. The largest absolute Gasteiger partial charge is 0.456 e. The van der Waals surface area contributed by atoms with Gasteiger partial charge in [-0.1, -0.05) is 164 Å². The lowest BCUT2D eigenvalue weighted by Crippen LogP contribution is -1.95. The monoisotopic (exact) mass is 731 g/mol. The maximum Gasteiger partial charge on any atom is 0.135 e. The van der Waals surface area contributed by atoms with Crippen LogP contribution in [-0.4, -0.2) is 0 Å². The quantitative estimate of drug-likeness (QED) is 0.164. The van der Waals surface area contributed by atoms with E-state index in [1.165, 1.54) is 6.07 Å². The summed E-state index contributed by atoms with van der Waals surface area (Å²) in [5.41, 5.74) is 2.86. The van der Waals surface area contributed by atoms with Crippen molar-refractivity contribution >= 4 is 86.6 Å². The van der Waals surface area contributed by atoms with E-state index in [4.69, 9.17) is 14.0 Å². The molecule has 0 spiro atoms. The number of fused-ring (bicyclic) bond motifs is 3. The van der Waals surface area contributed by atoms with Crippen LogP contribution < -0.4 is 0 Å². The normalized spacial score (nSPS) is 14.9. The number of para-hydroxylation sites is 1. The lowest BCUT2D eigenvalue weighted by atomic mass is 9.81. The van der Waals surface area contributed by atoms with Gasteiger partial charge in [0.15, 0.2) is 0 Å². The van der Waals surface area contributed by atoms with Crippen molar-refractivity contribution in [2.75, 3.05) is 0 Å². The van der Waals surface area contributed by atoms with E-state index in [1.54, 1.807) is 0 Å². The summed E-state index contributed by atoms with van der Waals surface area (Å²) in [6, 6.07) is 37.8. The van der Waals surface area contributed by atoms with E-state index in [-0.39, 0.29) is 56.8 Å². The van der Waals surface area contributed by atoms with E-state index in [0.29, 0.717) is 16.7 Å². The average Bonchev–Trinajstić information content (AvgIpc) is 3.77. The SMILES string of the molecule is [2H]c1cc(-c2c(-c3c([2H])c([2H])c4oc5c([2H])c([2H])c([2H])c([2H])c5c4c3[2H])cc(-c3ccc4ccc5cccc6ccc3c4c56)cc2-c2ccc3ccc4cccc5ccc2c3c45)c([2H])c([2H])c1[2H]. The van der Waals surface area contributed by atoms with E-state index >= 15 is 0 Å². The summed E-state index contributed by atoms with van der Waals surface area (Å²) in [5.74, 6) is 0. The molecule has 0 bridgehead atoms. The van der Waals surface area contributed by atoms with Gasteiger partial charge >= 0.3 is 0 Å². The lowest BCUT2D eigenvalue weighted by Gasteiger charge is -2.22. The predicted octanol–water partition coefficient (Wildman–Crippen LogP) is 16.0. The summed E-state index contributed by atoms with van der Waals surface area (Å²) in [6.07, 6.45) is 0. The third-order valence-corrected chi connectivity index (χ3v) is 11.8. The Kier molecular flexibility index (Phi) is 4.48. The van der Waals surface area contributed by atoms with Crippen LogP contribution in [0.3, 0.4) is 0 Å². The van der Waals surface area contributed by atoms with Gasteiger partial charge in [-0.15, -0.1) is 0 Å². The molecule has 0 aliphatic rings. The molecular weight excluding hydrogens is 689 g/mol. The number of hydrogen-bond acceptors (Lipinski definition) is 1. The summed E-state index contributed by atoms with van der Waals surface area (Å²) in [7, 11) is 0. The Hall–Kier alpha value is -7.48. The maximum absolute atomic E-state index is 10.1. The van der Waals surface area contributed by atoms with Crippen molar-refractivity contribution in [3.05, 3.63) is 194 Å². The molecule has 0 unspecified atom stereocenters. The Bertz CT molecular complexity index is 4370. The fourth-order valence-electron chi connectivity index (χ4n) is 9.31. The first-order valence-corrected chi connectivity index (χ1v) is 18.8. The zero-order chi connectivity index (χ0) is 46.8. The van der Waals surface area contributed by atoms with Gasteiger partial charge in [0.25, 0.3) is 0 Å². The summed E-state index contributed by atoms with van der Waals surface area (Å²) < 4.78 is 106. The van der Waals surface area contributed by atoms with E-state index in [2.05, 4.69) is 78.9 Å². The number of hydrogen-bond donors (Lipinski definition) is 0. The maximum atomic E-state index is 10.1. The molecular formula is C56H32O. The average molecular weight is 732 g/mol. The van der Waals surface area contributed by atoms with Crippen molar-refractivity contribution in [2.45, 2.75) is 0 Å². The number of rotatable bonds is 4. The van der Waals surface area contributed by atoms with E-state index < -0.39 is 48.3 Å². The highest BCUT2D eigenvalue weighted by atomic mass is 16.3. The van der Waals surface area contributed by atoms with Gasteiger partial charge in [-0.05, 0) is 139 Å². The van der Waals surface area contributed by atoms with Crippen LogP contribution in [0, 0.1) is 0 Å². The number of benzene rings is 12. The molecule has 0 aliphatic carbocycles. The molecule has 1 aromatic heterocycles. The molecule has 13 rings (SSSR count). The zero-order valence-corrected chi connectivity index (χ0v) is 30.0. The Morgan fingerprint density at radius 3 is 1.61 bits per heavy atom. The first kappa shape index (κ1) is 22.2. The van der Waals surface area contributed by atoms with Gasteiger partial charge in [0.05, 0.1) is 15.1 Å². The summed E-state index contributed by atoms with van der Waals surface area (Å²) in [5, 5.41) is 12.2. The highest BCUT2D eigenvalue weighted by molar-refractivity contribution is 6.27. The van der Waals surface area contributed by atoms with Crippen LogP contribution in [0.1, 0.15) is 15.1 Å². The van der Waals surface area contributed by atoms with Crippen molar-refractivity contribution in [3.8, 4) is 44.5 Å². The topological polar surface area (TPSA) is 13.1 Å². The van der Waals surface area contributed by atoms with Crippen LogP contribution >= 0.6 is 0 Å². The lowest BCUT2D eigenvalue weighted by molar-refractivity contribution is 0.669. The van der Waals surface area contributed by atoms with E-state index in [9.17, 15) is 5.48 Å². The minimum Gasteiger partial charge on any atom is -0.456 e. The molecule has 0 saturated heterocycles. The van der Waals surface area contributed by atoms with Crippen molar-refractivity contribution in [1.82, 2.24) is 0 Å². The van der Waals surface area contributed by atoms with Gasteiger partial charge in [-0.3, -0.25) is 0 Å². The molecule has 1 heteroatoms. The molecule has 0 saturated carbocycles. The van der Waals surface area contributed by atoms with Gasteiger partial charge in [0.1, 0.15) is 11.2 Å². The third-order valence-electron chi connectivity index (χ3n) is 11.8. The predicted molar refractivity (Wildman–Crippen MR) is 243 cm³/mol. The van der Waals surface area contributed by atoms with Gasteiger partial charge < -0.3 is 4.42 Å². The molecule has 1 heterocycles. The fourth-order valence-corrected chi connectivity index (χ4v) is 9.31. The second kappa shape index (κ2) is 11.5. The minimum atomic E-state index is -0.541. The minimum absolute atomic E-state index is 0.0682. The summed E-state index contributed by atoms with van der Waals surface area (Å²) in [4.78, 5) is 0. The Balaban J connectivity index is 1.26. The van der Waals surface area contributed by atoms with E-state index in [0.717, 1.165) is 75.8 Å². The molecule has 0 amide bonds. The smallest absolute Gasteiger partial charge is 0.135 e. The van der Waals surface area contributed by atoms with Crippen LogP contribution in [0.5, 0.6) is 0 Å². The van der Waals surface area contributed by atoms with Crippen LogP contribution in [0.15, 0.2) is 198 Å². The van der Waals surface area contributed by atoms with Gasteiger partial charge in [-0.25, -0.2) is 0 Å². The molecule has 0 atom stereocenters. The van der Waals surface area contributed by atoms with Crippen LogP contribution in [0.25, 0.3) is 131 Å². The molecule has 1 nitrogen and oxygen atoms in total. The summed E-state index contributed by atoms with van der Waals surface area (Å²) in [6.45, 7) is 0.